The third-order valence-electron chi connectivity index (χ3n) is 1.48. The number of carboxylic acids is 3. The summed E-state index contributed by atoms with van der Waals surface area (Å²) in [6.07, 6.45) is -4.11. The first kappa shape index (κ1) is 37.4. The number of hydrogen-bond acceptors (Lipinski definition) is 13. The Morgan fingerprint density at radius 1 is 0.846 bits per heavy atom. The van der Waals surface area contributed by atoms with Gasteiger partial charge >= 0.3 is 93.4 Å². The van der Waals surface area contributed by atoms with Crippen molar-refractivity contribution in [2.24, 2.45) is 0 Å². The maximum atomic E-state index is 10.4. The van der Waals surface area contributed by atoms with Gasteiger partial charge in [0.15, 0.2) is 6.10 Å². The van der Waals surface area contributed by atoms with Crippen LogP contribution in [0.5, 0.6) is 0 Å². The number of aliphatic carboxylic acids is 3. The van der Waals surface area contributed by atoms with Gasteiger partial charge in [-0.3, -0.25) is 21.6 Å². The van der Waals surface area contributed by atoms with Crippen LogP contribution in [0.2, 0.25) is 0 Å². The third-order valence-corrected chi connectivity index (χ3v) is 1.48. The Balaban J connectivity index is -0.000000102. The van der Waals surface area contributed by atoms with E-state index in [0.717, 1.165) is 0 Å². The van der Waals surface area contributed by atoms with Gasteiger partial charge in [-0.05, 0) is 0 Å². The van der Waals surface area contributed by atoms with Crippen LogP contribution in [0.1, 0.15) is 6.42 Å². The van der Waals surface area contributed by atoms with Crippen molar-refractivity contribution in [3.05, 3.63) is 0 Å². The van der Waals surface area contributed by atoms with E-state index in [-0.39, 0.29) is 75.5 Å². The normalized spacial score (nSPS) is 13.5. The second kappa shape index (κ2) is 15.5. The molecule has 2 atom stereocenters. The van der Waals surface area contributed by atoms with Gasteiger partial charge in [-0.25, -0.2) is 9.59 Å². The fourth-order valence-electron chi connectivity index (χ4n) is 0.724. The van der Waals surface area contributed by atoms with Crippen molar-refractivity contribution in [3.63, 3.8) is 0 Å². The van der Waals surface area contributed by atoms with E-state index in [1.54, 1.807) is 0 Å². The van der Waals surface area contributed by atoms with Gasteiger partial charge < -0.3 is 43.7 Å². The summed E-state index contributed by atoms with van der Waals surface area (Å²) in [5.74, 6) is -5.87. The second-order valence-electron chi connectivity index (χ2n) is 3.36. The first-order valence-corrected chi connectivity index (χ1v) is 7.30. The van der Waals surface area contributed by atoms with Gasteiger partial charge in [-0.2, -0.15) is 0 Å². The Kier molecular flexibility index (Phi) is 22.3. The van der Waals surface area contributed by atoms with Gasteiger partial charge in [0.05, 0.1) is 6.42 Å². The number of carboxylic acid groups (broad SMARTS) is 3. The summed E-state index contributed by atoms with van der Waals surface area (Å²) in [6, 6.07) is 0. The summed E-state index contributed by atoms with van der Waals surface area (Å²) in [7, 11) is -10.3. The largest absolute Gasteiger partial charge is 2.00 e. The topological polar surface area (TPSA) is 313 Å². The molecule has 0 fully saturated rings. The minimum absolute atomic E-state index is 0. The minimum atomic E-state index is -5.17. The maximum Gasteiger partial charge on any atom is 2.00 e. The zero-order valence-corrected chi connectivity index (χ0v) is 18.3. The van der Waals surface area contributed by atoms with Crippen LogP contribution in [0.4, 0.5) is 0 Å². The quantitative estimate of drug-likeness (QED) is 0.139. The number of rotatable bonds is 5. The van der Waals surface area contributed by atoms with Crippen molar-refractivity contribution in [1.29, 1.82) is 0 Å². The van der Waals surface area contributed by atoms with E-state index in [1.165, 1.54) is 0 Å². The average molecular weight is 480 g/mol. The smallest absolute Gasteiger partial charge is 0.759 e. The van der Waals surface area contributed by atoms with Crippen molar-refractivity contribution in [2.45, 2.75) is 18.1 Å². The molecule has 0 bridgehead atoms. The van der Waals surface area contributed by atoms with Crippen LogP contribution in [0.3, 0.4) is 0 Å². The molecule has 16 nitrogen and oxygen atoms in total. The zero-order chi connectivity index (χ0) is 20.5. The average Bonchev–Trinajstić information content (AvgIpc) is 2.21. The fraction of sp³-hybridized carbons (Fsp3) is 0.500. The molecule has 0 aliphatic heterocycles. The van der Waals surface area contributed by atoms with E-state index in [4.69, 9.17) is 60.6 Å². The Bertz CT molecular complexity index is 608. The molecule has 2 unspecified atom stereocenters. The number of aliphatic hydroxyl groups is 2. The van der Waals surface area contributed by atoms with E-state index in [0.29, 0.717) is 0 Å². The van der Waals surface area contributed by atoms with Crippen LogP contribution in [0.15, 0.2) is 0 Å². The molecule has 0 saturated heterocycles. The van der Waals surface area contributed by atoms with E-state index in [9.17, 15) is 14.4 Å². The van der Waals surface area contributed by atoms with Crippen LogP contribution < -0.4 is 0 Å². The molecule has 0 aliphatic carbocycles. The first-order chi connectivity index (χ1) is 10.2. The standard InChI is InChI=1S/C6H8O8.2Ca.2H2O4S/c7-2(8)1-6(14,5(12)13)3(9)4(10)11;;;2*1-5(2,3)4/h3,9,14H,1H2,(H,7,8)(H,10,11)(H,12,13);;;2*(H2,1,2,3,4)/q;2*+2;;/p-4. The first-order valence-electron chi connectivity index (χ1n) is 4.63. The molecular formula is C6H8Ca2O16S2. The van der Waals surface area contributed by atoms with Crippen molar-refractivity contribution < 1.29 is 75.0 Å². The molecule has 0 rings (SSSR count). The molecule has 0 aliphatic rings. The number of carbonyl (C=O) groups is 3. The Morgan fingerprint density at radius 2 is 1.08 bits per heavy atom. The molecular weight excluding hydrogens is 472 g/mol. The van der Waals surface area contributed by atoms with E-state index < -0.39 is 56.8 Å². The molecule has 20 heteroatoms. The Morgan fingerprint density at radius 3 is 1.19 bits per heavy atom. The molecule has 0 aromatic rings. The van der Waals surface area contributed by atoms with E-state index in [2.05, 4.69) is 0 Å². The van der Waals surface area contributed by atoms with Gasteiger partial charge in [0.25, 0.3) is 0 Å². The second-order valence-corrected chi connectivity index (χ2v) is 4.99. The predicted octanol–water partition coefficient (Wildman–Crippen LogP) is -5.72. The van der Waals surface area contributed by atoms with Gasteiger partial charge in [-0.1, -0.05) is 0 Å². The molecule has 0 amide bonds. The number of hydrogen-bond donors (Lipinski definition) is 5. The molecule has 0 aromatic heterocycles. The molecule has 0 radical (unpaired) electrons. The summed E-state index contributed by atoms with van der Waals surface area (Å²) >= 11 is 0. The summed E-state index contributed by atoms with van der Waals surface area (Å²) in [6.45, 7) is 0. The molecule has 0 heterocycles. The van der Waals surface area contributed by atoms with Crippen LogP contribution in [-0.2, 0) is 35.2 Å². The van der Waals surface area contributed by atoms with Crippen LogP contribution >= 0.6 is 0 Å². The molecule has 0 saturated carbocycles. The maximum absolute atomic E-state index is 10.4. The predicted molar refractivity (Wildman–Crippen MR) is 70.9 cm³/mol. The van der Waals surface area contributed by atoms with Crippen molar-refractivity contribution in [3.8, 4) is 0 Å². The molecule has 0 aromatic carbocycles. The van der Waals surface area contributed by atoms with Gasteiger partial charge in [0, 0.05) is 20.8 Å². The molecule has 5 N–H and O–H groups in total. The number of aliphatic hydroxyl groups excluding tert-OH is 1. The van der Waals surface area contributed by atoms with Crippen molar-refractivity contribution >= 4 is 114 Å². The van der Waals surface area contributed by atoms with E-state index >= 15 is 0 Å². The molecule has 144 valence electrons. The summed E-state index contributed by atoms with van der Waals surface area (Å²) in [4.78, 5) is 30.7. The van der Waals surface area contributed by atoms with Gasteiger partial charge in [0.2, 0.25) is 5.60 Å². The minimum Gasteiger partial charge on any atom is -0.759 e. The SMILES string of the molecule is O=C(O)CC(O)(C(=O)O)C(O)C(=O)O.O=S(=O)([O-])[O-].O=S(=O)([O-])[O-].[Ca+2].[Ca+2]. The summed E-state index contributed by atoms with van der Waals surface area (Å²) in [5, 5.41) is 42.6. The Labute approximate surface area is 205 Å². The van der Waals surface area contributed by atoms with Crippen LogP contribution in [0.25, 0.3) is 0 Å². The summed E-state index contributed by atoms with van der Waals surface area (Å²) in [5.41, 5.74) is -3.22. The molecule has 0 spiro atoms. The van der Waals surface area contributed by atoms with Crippen LogP contribution in [-0.4, -0.2) is 166 Å². The molecule has 26 heavy (non-hydrogen) atoms. The monoisotopic (exact) mass is 480 g/mol. The Hall–Kier alpha value is 0.589. The fourth-order valence-corrected chi connectivity index (χ4v) is 0.724. The van der Waals surface area contributed by atoms with Gasteiger partial charge in [0.1, 0.15) is 0 Å². The van der Waals surface area contributed by atoms with E-state index in [1.807, 2.05) is 0 Å². The zero-order valence-electron chi connectivity index (χ0n) is 12.2. The summed E-state index contributed by atoms with van der Waals surface area (Å²) < 4.78 is 68.2. The van der Waals surface area contributed by atoms with Crippen LogP contribution in [0, 0.1) is 0 Å². The van der Waals surface area contributed by atoms with Crippen molar-refractivity contribution in [2.75, 3.05) is 0 Å². The van der Waals surface area contributed by atoms with Crippen molar-refractivity contribution in [1.82, 2.24) is 0 Å². The van der Waals surface area contributed by atoms with Gasteiger partial charge in [-0.15, -0.1) is 0 Å². The third kappa shape index (κ3) is 29.4.